The summed E-state index contributed by atoms with van der Waals surface area (Å²) < 4.78 is 23.0. The van der Waals surface area contributed by atoms with Crippen LogP contribution in [0.5, 0.6) is 0 Å². The predicted octanol–water partition coefficient (Wildman–Crippen LogP) is -18.9. The largest absolute Gasteiger partial charge is 0.550 e. The first-order valence-corrected chi connectivity index (χ1v) is 18.7. The number of ether oxygens (including phenoxy) is 4. The summed E-state index contributed by atoms with van der Waals surface area (Å²) in [5, 5.41) is 131. The van der Waals surface area contributed by atoms with Crippen LogP contribution >= 0.6 is 0 Å². The Morgan fingerprint density at radius 1 is 0.661 bits per heavy atom. The van der Waals surface area contributed by atoms with Gasteiger partial charge in [-0.2, -0.15) is 0 Å². The minimum atomic E-state index is -1.69. The van der Waals surface area contributed by atoms with Gasteiger partial charge in [0.25, 0.3) is 0 Å². The molecule has 24 N–H and O–H groups in total. The van der Waals surface area contributed by atoms with Crippen molar-refractivity contribution in [2.24, 2.45) is 0 Å². The van der Waals surface area contributed by atoms with Crippen molar-refractivity contribution in [3.63, 3.8) is 0 Å². The smallest absolute Gasteiger partial charge is 0.249 e. The summed E-state index contributed by atoms with van der Waals surface area (Å²) in [4.78, 5) is 57.3. The maximum absolute atomic E-state index is 12.9. The molecule has 0 aromatic carbocycles. The molecule has 0 aromatic rings. The van der Waals surface area contributed by atoms with E-state index in [0.29, 0.717) is 6.54 Å². The van der Waals surface area contributed by atoms with Gasteiger partial charge < -0.3 is 143 Å². The lowest BCUT2D eigenvalue weighted by molar-refractivity contribution is -0.495. The van der Waals surface area contributed by atoms with E-state index in [2.05, 4.69) is 34.0 Å². The Morgan fingerprint density at radius 3 is 1.47 bits per heavy atom. The van der Waals surface area contributed by atoms with Gasteiger partial charge in [0, 0.05) is 42.7 Å². The van der Waals surface area contributed by atoms with Gasteiger partial charge in [-0.25, -0.2) is 0 Å². The van der Waals surface area contributed by atoms with Crippen molar-refractivity contribution in [1.82, 2.24) is 5.32 Å². The Balaban J connectivity index is -0.00000145. The van der Waals surface area contributed by atoms with Crippen molar-refractivity contribution in [2.75, 3.05) is 19.7 Å². The number of amides is 1. The van der Waals surface area contributed by atoms with Gasteiger partial charge in [-0.15, -0.1) is 0 Å². The molecule has 1 saturated carbocycles. The number of carboxylic acids is 5. The van der Waals surface area contributed by atoms with Crippen molar-refractivity contribution in [1.29, 1.82) is 0 Å². The molecule has 0 aromatic heterocycles. The molecule has 3 aliphatic rings. The van der Waals surface area contributed by atoms with Crippen molar-refractivity contribution in [3.8, 4) is 0 Å². The fraction of sp³-hybridized carbons (Fsp3) is 0.818. The van der Waals surface area contributed by atoms with Gasteiger partial charge in [-0.1, -0.05) is 0 Å². The van der Waals surface area contributed by atoms with E-state index in [1.54, 1.807) is 0 Å². The molecule has 0 radical (unpaired) electrons. The Kier molecular flexibility index (Phi) is 32.1. The van der Waals surface area contributed by atoms with E-state index in [1.807, 2.05) is 0 Å². The number of nitrogens with one attached hydrogen (secondary N) is 1. The van der Waals surface area contributed by atoms with E-state index in [0.717, 1.165) is 34.6 Å². The number of aliphatic hydroxyl groups is 8. The molecule has 0 bridgehead atoms. The minimum Gasteiger partial charge on any atom is -0.550 e. The number of hydrogen-bond acceptors (Lipinski definition) is 23. The van der Waals surface area contributed by atoms with E-state index in [9.17, 15) is 45.6 Å². The fourth-order valence-electron chi connectivity index (χ4n) is 5.48. The fourth-order valence-corrected chi connectivity index (χ4v) is 5.48. The van der Waals surface area contributed by atoms with Crippen LogP contribution in [0.15, 0.2) is 0 Å². The lowest BCUT2D eigenvalue weighted by atomic mass is 9.83. The summed E-state index contributed by atoms with van der Waals surface area (Å²) in [5.41, 5.74) is 18.9. The summed E-state index contributed by atoms with van der Waals surface area (Å²) in [5.74, 6) is -6.19. The molecule has 1 aliphatic carbocycles. The highest BCUT2D eigenvalue weighted by Gasteiger charge is 2.54. The number of rotatable bonds is 11. The number of carbonyl (C=O) groups is 6. The number of carbonyl (C=O) groups excluding carboxylic acids is 6. The van der Waals surface area contributed by atoms with Crippen LogP contribution in [0.2, 0.25) is 0 Å². The molecule has 29 nitrogen and oxygen atoms in total. The highest BCUT2D eigenvalue weighted by Crippen LogP contribution is 2.31. The van der Waals surface area contributed by atoms with Gasteiger partial charge in [0.05, 0.1) is 12.6 Å². The average Bonchev–Trinajstić information content (AvgIpc) is 3.13. The number of carboxylic acid groups (broad SMARTS) is 5. The quantitative estimate of drug-likeness (QED) is 0.0915. The maximum Gasteiger partial charge on any atom is 0.249 e. The summed E-state index contributed by atoms with van der Waals surface area (Å²) >= 11 is 0. The molecule has 0 unspecified atom stereocenters. The third-order valence-electron chi connectivity index (χ3n) is 8.25. The summed E-state index contributed by atoms with van der Waals surface area (Å²) in [7, 11) is 0. The van der Waals surface area contributed by atoms with E-state index >= 15 is 0 Å². The SMILES string of the molecule is CC(=O)[O-].CC(=O)[O-].CC(=O)[O-].CC(=O)[O-].CC(=O)[O-].[NH3+]C[C@@H]([NH3+])C[C@H](O)C(=O)N[C@@H]1C[C@H]([NH3+])[C@@H](O[C@H]2O[C@H](C[NH3+])[C@@H](O)[C@H](O)[C@H]2O)[C@H](O)[C@H]1O[C@@H]1O[C@@H](CO)[C@H](O)[C@@H]([NH3+])[C@@H]1O. The zero-order chi connectivity index (χ0) is 49.4. The van der Waals surface area contributed by atoms with E-state index < -0.39 is 140 Å². The highest BCUT2D eigenvalue weighted by molar-refractivity contribution is 5.80. The average molecular weight is 915 g/mol. The predicted molar refractivity (Wildman–Crippen MR) is 186 cm³/mol. The standard InChI is InChI=1S/C23H46N6O13.5C2H4O2/c24-3-6(26)1-9(31)21(38)29-8-2-7(27)19(41-23-17(36)16(35)14(33)10(4-25)39-23)18(37)20(8)42-22-15(34)12(28)13(32)11(5-30)40-22;5*1-2(3)4/h6-20,22-23,30-37H,1-5,24-28H2,(H,29,38);5*1H3,(H,3,4)/t6-,7-,8+,9-,10+,11-,12+,13-,14+,15-,16-,17+,18-,19+,20-,22-,23+;;;;;/m0...../s1. The third-order valence-corrected chi connectivity index (χ3v) is 8.25. The van der Waals surface area contributed by atoms with Gasteiger partial charge in [-0.3, -0.25) is 4.79 Å². The maximum atomic E-state index is 12.9. The second kappa shape index (κ2) is 31.9. The van der Waals surface area contributed by atoms with E-state index in [-0.39, 0.29) is 25.4 Å². The molecule has 1 amide bonds. The Labute approximate surface area is 354 Å². The van der Waals surface area contributed by atoms with Crippen molar-refractivity contribution in [3.05, 3.63) is 0 Å². The lowest BCUT2D eigenvalue weighted by Gasteiger charge is -2.47. The molecule has 3 rings (SSSR count). The summed E-state index contributed by atoms with van der Waals surface area (Å²) in [6.45, 7) is 4.66. The molecular weight excluding hydrogens is 848 g/mol. The number of hydrogen-bond donors (Lipinski definition) is 14. The number of aliphatic hydroxyl groups excluding tert-OH is 8. The molecular formula is C33H66N6O23. The molecule has 29 heteroatoms. The van der Waals surface area contributed by atoms with Gasteiger partial charge in [0.15, 0.2) is 18.7 Å². The van der Waals surface area contributed by atoms with Gasteiger partial charge in [0.2, 0.25) is 5.91 Å². The first-order chi connectivity index (χ1) is 28.4. The Hall–Kier alpha value is -3.86. The van der Waals surface area contributed by atoms with Gasteiger partial charge in [0.1, 0.15) is 92.3 Å². The molecule has 2 heterocycles. The zero-order valence-corrected chi connectivity index (χ0v) is 35.1. The normalized spacial score (nSPS) is 33.3. The number of quaternary nitrogens is 5. The summed E-state index contributed by atoms with van der Waals surface area (Å²) in [6.07, 6.45) is -18.4. The molecule has 3 fully saturated rings. The van der Waals surface area contributed by atoms with Crippen LogP contribution in [0.1, 0.15) is 47.5 Å². The Morgan fingerprint density at radius 2 is 1.06 bits per heavy atom. The van der Waals surface area contributed by atoms with Crippen LogP contribution in [0, 0.1) is 0 Å². The van der Waals surface area contributed by atoms with Crippen LogP contribution in [0.4, 0.5) is 0 Å². The highest BCUT2D eigenvalue weighted by atomic mass is 16.7. The monoisotopic (exact) mass is 914 g/mol. The zero-order valence-electron chi connectivity index (χ0n) is 35.1. The third kappa shape index (κ3) is 25.3. The minimum absolute atomic E-state index is 0.00339. The number of aliphatic carboxylic acids is 5. The first-order valence-electron chi connectivity index (χ1n) is 18.7. The molecule has 62 heavy (non-hydrogen) atoms. The van der Waals surface area contributed by atoms with Crippen LogP contribution in [0.3, 0.4) is 0 Å². The van der Waals surface area contributed by atoms with Crippen molar-refractivity contribution >= 4 is 35.8 Å². The van der Waals surface area contributed by atoms with Crippen molar-refractivity contribution < 1.29 is 143 Å². The first kappa shape index (κ1) is 62.4. The topological polar surface area (TPSA) is 567 Å². The van der Waals surface area contributed by atoms with Crippen LogP contribution in [-0.2, 0) is 47.7 Å². The van der Waals surface area contributed by atoms with Gasteiger partial charge >= 0.3 is 0 Å². The second-order valence-corrected chi connectivity index (χ2v) is 13.8. The van der Waals surface area contributed by atoms with Crippen molar-refractivity contribution in [2.45, 2.75) is 151 Å². The Bertz CT molecular complexity index is 1250. The lowest BCUT2D eigenvalue weighted by Crippen LogP contribution is -2.80. The van der Waals surface area contributed by atoms with Gasteiger partial charge in [-0.05, 0) is 34.6 Å². The molecule has 366 valence electrons. The van der Waals surface area contributed by atoms with Crippen LogP contribution in [0.25, 0.3) is 0 Å². The van der Waals surface area contributed by atoms with E-state index in [4.69, 9.17) is 68.5 Å². The van der Waals surface area contributed by atoms with Crippen LogP contribution in [-0.4, -0.2) is 200 Å². The second-order valence-electron chi connectivity index (χ2n) is 13.8. The molecule has 2 aliphatic heterocycles. The molecule has 17 atom stereocenters. The molecule has 2 saturated heterocycles. The van der Waals surface area contributed by atoms with Crippen LogP contribution < -0.4 is 59.5 Å². The van der Waals surface area contributed by atoms with E-state index in [1.165, 1.54) is 0 Å². The molecule has 0 spiro atoms. The summed E-state index contributed by atoms with van der Waals surface area (Å²) in [6, 6.07) is -3.12.